The second kappa shape index (κ2) is 12.6. The van der Waals surface area contributed by atoms with Crippen LogP contribution in [0.1, 0.15) is 27.9 Å². The first kappa shape index (κ1) is 28.9. The molecule has 4 bridgehead atoms. The van der Waals surface area contributed by atoms with Gasteiger partial charge in [0.05, 0.1) is 37.9 Å². The van der Waals surface area contributed by atoms with Crippen LogP contribution in [-0.2, 0) is 22.6 Å². The van der Waals surface area contributed by atoms with Gasteiger partial charge in [-0.2, -0.15) is 0 Å². The van der Waals surface area contributed by atoms with Crippen molar-refractivity contribution in [2.24, 2.45) is 0 Å². The molecular formula is C33H34N4O7. The van der Waals surface area contributed by atoms with Crippen molar-refractivity contribution in [3.63, 3.8) is 0 Å². The molecule has 11 heteroatoms. The summed E-state index contributed by atoms with van der Waals surface area (Å²) in [6.07, 6.45) is 2.03. The molecule has 5 aliphatic heterocycles. The summed E-state index contributed by atoms with van der Waals surface area (Å²) in [6, 6.07) is 17.7. The monoisotopic (exact) mass is 598 g/mol. The van der Waals surface area contributed by atoms with Gasteiger partial charge in [0.25, 0.3) is 11.8 Å². The number of nitrogens with zero attached hydrogens (tertiary/aromatic N) is 1. The Kier molecular flexibility index (Phi) is 8.27. The first-order valence-corrected chi connectivity index (χ1v) is 14.5. The molecule has 6 heterocycles. The molecule has 0 unspecified atom stereocenters. The highest BCUT2D eigenvalue weighted by Gasteiger charge is 2.39. The maximum Gasteiger partial charge on any atom is 0.258 e. The average molecular weight is 599 g/mol. The number of aromatic amines is 1. The predicted octanol–water partition coefficient (Wildman–Crippen LogP) is 3.21. The molecule has 2 atom stereocenters. The number of carbonyl (C=O) groups is 3. The number of hydrogen-bond acceptors (Lipinski definition) is 7. The Balaban J connectivity index is 1.29. The van der Waals surface area contributed by atoms with Gasteiger partial charge >= 0.3 is 0 Å². The van der Waals surface area contributed by atoms with E-state index in [1.165, 1.54) is 7.11 Å². The molecule has 1 fully saturated rings. The van der Waals surface area contributed by atoms with E-state index in [0.29, 0.717) is 35.0 Å². The lowest BCUT2D eigenvalue weighted by Gasteiger charge is -2.22. The number of para-hydroxylation sites is 1. The summed E-state index contributed by atoms with van der Waals surface area (Å²) in [5.41, 5.74) is 2.99. The maximum absolute atomic E-state index is 13.7. The van der Waals surface area contributed by atoms with Gasteiger partial charge < -0.3 is 39.5 Å². The summed E-state index contributed by atoms with van der Waals surface area (Å²) in [7, 11) is 3.08. The maximum atomic E-state index is 13.7. The molecule has 1 aromatic heterocycles. The van der Waals surface area contributed by atoms with Gasteiger partial charge in [-0.3, -0.25) is 14.4 Å². The number of rotatable bonds is 3. The van der Waals surface area contributed by atoms with Gasteiger partial charge in [0.2, 0.25) is 5.91 Å². The number of nitrogens with one attached hydrogen (secondary N) is 3. The number of methoxy groups -OCH3 is 2. The molecule has 0 radical (unpaired) electrons. The number of benzene rings is 3. The van der Waals surface area contributed by atoms with E-state index in [1.807, 2.05) is 30.3 Å². The molecule has 1 saturated heterocycles. The minimum atomic E-state index is -0.555. The number of aromatic nitrogens is 1. The van der Waals surface area contributed by atoms with Crippen molar-refractivity contribution in [1.29, 1.82) is 0 Å². The second-order valence-electron chi connectivity index (χ2n) is 10.8. The van der Waals surface area contributed by atoms with Crippen molar-refractivity contribution in [2.45, 2.75) is 31.5 Å². The number of likely N-dealkylation sites (tertiary alicyclic amines) is 1. The van der Waals surface area contributed by atoms with Crippen LogP contribution in [0.3, 0.4) is 0 Å². The number of hydrogen-bond donors (Lipinski definition) is 3. The van der Waals surface area contributed by atoms with Gasteiger partial charge in [-0.1, -0.05) is 18.2 Å². The number of carbonyl (C=O) groups excluding carboxylic acids is 3. The van der Waals surface area contributed by atoms with Crippen LogP contribution in [0.2, 0.25) is 0 Å². The Morgan fingerprint density at radius 1 is 0.932 bits per heavy atom. The summed E-state index contributed by atoms with van der Waals surface area (Å²) in [4.78, 5) is 44.3. The molecule has 11 nitrogen and oxygen atoms in total. The molecular weight excluding hydrogens is 564 g/mol. The highest BCUT2D eigenvalue weighted by atomic mass is 16.5. The molecule has 0 aliphatic carbocycles. The molecule has 5 aliphatic rings. The lowest BCUT2D eigenvalue weighted by atomic mass is 10.1. The zero-order valence-corrected chi connectivity index (χ0v) is 24.6. The Bertz CT molecular complexity index is 1700. The van der Waals surface area contributed by atoms with Crippen molar-refractivity contribution in [3.05, 3.63) is 83.6 Å². The van der Waals surface area contributed by atoms with Gasteiger partial charge in [0, 0.05) is 42.7 Å². The zero-order valence-electron chi connectivity index (χ0n) is 24.6. The van der Waals surface area contributed by atoms with Crippen molar-refractivity contribution < 1.29 is 33.3 Å². The van der Waals surface area contributed by atoms with Crippen LogP contribution in [0.25, 0.3) is 10.9 Å². The summed E-state index contributed by atoms with van der Waals surface area (Å²) < 4.78 is 23.3. The van der Waals surface area contributed by atoms with Crippen LogP contribution in [0.5, 0.6) is 23.0 Å². The van der Waals surface area contributed by atoms with E-state index in [2.05, 4.69) is 15.6 Å². The third-order valence-corrected chi connectivity index (χ3v) is 7.97. The van der Waals surface area contributed by atoms with Gasteiger partial charge in [0.15, 0.2) is 18.1 Å². The summed E-state index contributed by atoms with van der Waals surface area (Å²) >= 11 is 0. The fourth-order valence-electron chi connectivity index (χ4n) is 5.67. The first-order chi connectivity index (χ1) is 21.4. The summed E-state index contributed by atoms with van der Waals surface area (Å²) in [5, 5.41) is 6.90. The lowest BCUT2D eigenvalue weighted by Crippen LogP contribution is -2.46. The van der Waals surface area contributed by atoms with Crippen molar-refractivity contribution in [3.8, 4) is 23.0 Å². The van der Waals surface area contributed by atoms with Crippen LogP contribution in [0.4, 0.5) is 0 Å². The molecule has 3 amide bonds. The second-order valence-corrected chi connectivity index (χ2v) is 10.8. The number of amides is 3. The molecule has 228 valence electrons. The van der Waals surface area contributed by atoms with E-state index in [4.69, 9.17) is 18.9 Å². The minimum Gasteiger partial charge on any atom is -0.496 e. The summed E-state index contributed by atoms with van der Waals surface area (Å²) in [5.74, 6) is 1.30. The quantitative estimate of drug-likeness (QED) is 0.330. The molecule has 3 N–H and O–H groups in total. The zero-order chi connectivity index (χ0) is 30.6. The standard InChI is InChI=1S/C33H34N4O7/c1-41-27-15-23-9-8-22(27)16-35-30(38)11-7-20-6-10-26(28(14-20)42-2)43-19-31(39)36-25-17-37(18-29(25)44-23)33(40)24-5-3-4-21-12-13-34-32(21)24/h3-6,8-10,12-15,25,29,34H,7,11,16-19H2,1-2H3,(H,35,38)(H,36,39)/t25-,29-/m1/s1. The molecule has 9 rings (SSSR count). The lowest BCUT2D eigenvalue weighted by molar-refractivity contribution is -0.124. The average Bonchev–Trinajstić information content (AvgIpc) is 3.68. The Morgan fingerprint density at radius 3 is 2.64 bits per heavy atom. The van der Waals surface area contributed by atoms with Crippen molar-refractivity contribution in [1.82, 2.24) is 20.5 Å². The molecule has 44 heavy (non-hydrogen) atoms. The van der Waals surface area contributed by atoms with E-state index in [9.17, 15) is 14.4 Å². The smallest absolute Gasteiger partial charge is 0.258 e. The molecule has 4 aromatic rings. The highest BCUT2D eigenvalue weighted by Crippen LogP contribution is 2.30. The fraction of sp³-hybridized carbons (Fsp3) is 0.303. The van der Waals surface area contributed by atoms with E-state index in [1.54, 1.807) is 48.5 Å². The van der Waals surface area contributed by atoms with Gasteiger partial charge in [-0.05, 0) is 48.4 Å². The topological polar surface area (TPSA) is 131 Å². The van der Waals surface area contributed by atoms with Gasteiger partial charge in [-0.25, -0.2) is 0 Å². The molecule has 0 saturated carbocycles. The number of aryl methyl sites for hydroxylation is 1. The Labute approximate surface area is 254 Å². The largest absolute Gasteiger partial charge is 0.496 e. The van der Waals surface area contributed by atoms with E-state index < -0.39 is 12.1 Å². The van der Waals surface area contributed by atoms with Crippen LogP contribution >= 0.6 is 0 Å². The van der Waals surface area contributed by atoms with Crippen LogP contribution < -0.4 is 29.6 Å². The molecule has 0 spiro atoms. The minimum absolute atomic E-state index is 0.105. The third kappa shape index (κ3) is 6.12. The van der Waals surface area contributed by atoms with E-state index >= 15 is 0 Å². The van der Waals surface area contributed by atoms with Gasteiger partial charge in [0.1, 0.15) is 17.6 Å². The van der Waals surface area contributed by atoms with Crippen LogP contribution in [0, 0.1) is 0 Å². The van der Waals surface area contributed by atoms with Gasteiger partial charge in [-0.15, -0.1) is 0 Å². The normalized spacial score (nSPS) is 19.0. The number of ether oxygens (including phenoxy) is 4. The third-order valence-electron chi connectivity index (χ3n) is 7.97. The summed E-state index contributed by atoms with van der Waals surface area (Å²) in [6.45, 7) is 0.509. The molecule has 3 aromatic carbocycles. The Morgan fingerprint density at radius 2 is 1.80 bits per heavy atom. The first-order valence-electron chi connectivity index (χ1n) is 14.5. The SMILES string of the molecule is COc1cc2ccc1CNC(=O)CCc1ccc(c(OC)c1)OCC(=O)N[C@@H]1CN(C(=O)c3cccc4cc[nH]c34)C[C@H]1O2. The van der Waals surface area contributed by atoms with Crippen LogP contribution in [-0.4, -0.2) is 73.7 Å². The highest BCUT2D eigenvalue weighted by molar-refractivity contribution is 6.05. The van der Waals surface area contributed by atoms with Crippen molar-refractivity contribution in [2.75, 3.05) is 33.9 Å². The van der Waals surface area contributed by atoms with Crippen LogP contribution in [0.15, 0.2) is 66.9 Å². The number of H-pyrrole nitrogens is 1. The van der Waals surface area contributed by atoms with Crippen molar-refractivity contribution >= 4 is 28.6 Å². The number of fused-ring (bicyclic) bond motifs is 1. The van der Waals surface area contributed by atoms with E-state index in [0.717, 1.165) is 22.0 Å². The predicted molar refractivity (Wildman–Crippen MR) is 162 cm³/mol. The van der Waals surface area contributed by atoms with E-state index in [-0.39, 0.29) is 50.4 Å². The fourth-order valence-corrected chi connectivity index (χ4v) is 5.67. The Hall–Kier alpha value is -5.19.